The van der Waals surface area contributed by atoms with Gasteiger partial charge in [-0.05, 0) is 55.0 Å². The van der Waals surface area contributed by atoms with Crippen molar-refractivity contribution < 1.29 is 0 Å². The van der Waals surface area contributed by atoms with Gasteiger partial charge in [0.1, 0.15) is 6.07 Å². The highest BCUT2D eigenvalue weighted by atomic mass is 35.5. The molecule has 0 radical (unpaired) electrons. The highest BCUT2D eigenvalue weighted by Crippen LogP contribution is 2.28. The predicted octanol–water partition coefficient (Wildman–Crippen LogP) is 5.80. The Kier molecular flexibility index (Phi) is 5.54. The average molecular weight is 464 g/mol. The highest BCUT2D eigenvalue weighted by Gasteiger charge is 2.14. The number of rotatable bonds is 4. The topological polar surface area (TPSA) is 87.4 Å². The van der Waals surface area contributed by atoms with Crippen LogP contribution in [-0.4, -0.2) is 19.7 Å². The number of aromatic amines is 1. The van der Waals surface area contributed by atoms with E-state index in [-0.39, 0.29) is 17.0 Å². The fourth-order valence-electron chi connectivity index (χ4n) is 3.72. The Balaban J connectivity index is 1.69. The second-order valence-corrected chi connectivity index (χ2v) is 8.26. The number of H-pyrrole nitrogens is 1. The summed E-state index contributed by atoms with van der Waals surface area (Å²) in [6.45, 7) is 1.93. The molecular formula is C27H18ClN5O. The van der Waals surface area contributed by atoms with Gasteiger partial charge in [-0.1, -0.05) is 48.0 Å². The van der Waals surface area contributed by atoms with E-state index in [0.29, 0.717) is 27.2 Å². The van der Waals surface area contributed by atoms with Gasteiger partial charge >= 0.3 is 0 Å². The Hall–Kier alpha value is -4.47. The first-order chi connectivity index (χ1) is 16.5. The van der Waals surface area contributed by atoms with Crippen molar-refractivity contribution in [2.75, 3.05) is 0 Å². The van der Waals surface area contributed by atoms with Crippen molar-refractivity contribution in [2.24, 2.45) is 0 Å². The zero-order valence-corrected chi connectivity index (χ0v) is 18.9. The molecule has 0 saturated heterocycles. The van der Waals surface area contributed by atoms with E-state index in [1.54, 1.807) is 29.0 Å². The molecule has 1 N–H and O–H groups in total. The molecule has 164 valence electrons. The summed E-state index contributed by atoms with van der Waals surface area (Å²) in [5.74, 6) is 0.208. The summed E-state index contributed by atoms with van der Waals surface area (Å²) in [4.78, 5) is 19.9. The molecule has 0 aliphatic heterocycles. The molecule has 0 atom stereocenters. The largest absolute Gasteiger partial charge is 0.305 e. The molecule has 5 rings (SSSR count). The van der Waals surface area contributed by atoms with E-state index in [1.165, 1.54) is 0 Å². The third kappa shape index (κ3) is 4.13. The van der Waals surface area contributed by atoms with Crippen molar-refractivity contribution in [3.8, 4) is 23.0 Å². The number of aryl methyl sites for hydroxylation is 1. The molecule has 6 nitrogen and oxygen atoms in total. The minimum Gasteiger partial charge on any atom is -0.305 e. The maximum absolute atomic E-state index is 12.6. The Bertz CT molecular complexity index is 1640. The third-order valence-corrected chi connectivity index (χ3v) is 5.67. The quantitative estimate of drug-likeness (QED) is 0.341. The lowest BCUT2D eigenvalue weighted by Gasteiger charge is -2.03. The molecule has 0 spiro atoms. The van der Waals surface area contributed by atoms with Crippen molar-refractivity contribution in [3.63, 3.8) is 0 Å². The van der Waals surface area contributed by atoms with Crippen LogP contribution in [0.15, 0.2) is 83.8 Å². The zero-order chi connectivity index (χ0) is 23.7. The lowest BCUT2D eigenvalue weighted by molar-refractivity contribution is 0.884. The van der Waals surface area contributed by atoms with Crippen molar-refractivity contribution in [1.82, 2.24) is 19.7 Å². The van der Waals surface area contributed by atoms with Crippen LogP contribution in [0.25, 0.3) is 39.5 Å². The summed E-state index contributed by atoms with van der Waals surface area (Å²) in [6.07, 6.45) is 3.54. The van der Waals surface area contributed by atoms with Gasteiger partial charge in [0.2, 0.25) is 0 Å². The van der Waals surface area contributed by atoms with Gasteiger partial charge in [0, 0.05) is 22.3 Å². The van der Waals surface area contributed by atoms with Crippen LogP contribution in [0.5, 0.6) is 0 Å². The normalized spacial score (nSPS) is 11.5. The van der Waals surface area contributed by atoms with Crippen LogP contribution in [0.3, 0.4) is 0 Å². The maximum Gasteiger partial charge on any atom is 0.259 e. The number of fused-ring (bicyclic) bond motifs is 1. The van der Waals surface area contributed by atoms with Crippen molar-refractivity contribution >= 4 is 34.2 Å². The summed E-state index contributed by atoms with van der Waals surface area (Å²) in [7, 11) is 0. The molecule has 34 heavy (non-hydrogen) atoms. The van der Waals surface area contributed by atoms with Gasteiger partial charge in [-0.2, -0.15) is 10.4 Å². The summed E-state index contributed by atoms with van der Waals surface area (Å²) < 4.78 is 1.75. The Morgan fingerprint density at radius 2 is 1.85 bits per heavy atom. The molecule has 0 unspecified atom stereocenters. The van der Waals surface area contributed by atoms with Gasteiger partial charge in [-0.3, -0.25) is 4.79 Å². The number of nitrogens with zero attached hydrogens (tertiary/aromatic N) is 4. The van der Waals surface area contributed by atoms with Gasteiger partial charge < -0.3 is 4.98 Å². The minimum atomic E-state index is -0.293. The molecule has 0 saturated carbocycles. The molecular weight excluding hydrogens is 446 g/mol. The van der Waals surface area contributed by atoms with E-state index in [0.717, 1.165) is 16.8 Å². The molecule has 2 aromatic heterocycles. The van der Waals surface area contributed by atoms with Crippen LogP contribution in [0.1, 0.15) is 17.0 Å². The van der Waals surface area contributed by atoms with Gasteiger partial charge in [0.05, 0.1) is 27.9 Å². The number of allylic oxidation sites excluding steroid dienone is 1. The van der Waals surface area contributed by atoms with Gasteiger partial charge in [-0.15, -0.1) is 0 Å². The number of nitrogens with one attached hydrogen (secondary N) is 1. The molecule has 7 heteroatoms. The monoisotopic (exact) mass is 463 g/mol. The Morgan fingerprint density at radius 3 is 2.59 bits per heavy atom. The number of halogens is 1. The molecule has 0 bridgehead atoms. The first kappa shape index (κ1) is 21.4. The van der Waals surface area contributed by atoms with E-state index in [1.807, 2.05) is 67.7 Å². The molecule has 0 amide bonds. The standard InChI is InChI=1S/C27H18ClN5O/c1-17-7-12-23-24(13-17)30-26(31-27(23)34)19(15-29)14-20-16-33(22-5-3-2-4-6-22)32-25(20)18-8-10-21(28)11-9-18/h2-14,16H,1H3,(H,30,31,34). The molecule has 0 aliphatic carbocycles. The van der Waals surface area contributed by atoms with E-state index >= 15 is 0 Å². The van der Waals surface area contributed by atoms with Gasteiger partial charge in [-0.25, -0.2) is 9.67 Å². The molecule has 0 aliphatic rings. The minimum absolute atomic E-state index is 0.208. The fourth-order valence-corrected chi connectivity index (χ4v) is 3.85. The summed E-state index contributed by atoms with van der Waals surface area (Å²) in [6, 6.07) is 24.6. The predicted molar refractivity (Wildman–Crippen MR) is 135 cm³/mol. The lowest BCUT2D eigenvalue weighted by Crippen LogP contribution is -2.11. The van der Waals surface area contributed by atoms with Crippen molar-refractivity contribution in [1.29, 1.82) is 5.26 Å². The Labute approximate surface area is 200 Å². The van der Waals surface area contributed by atoms with Gasteiger partial charge in [0.15, 0.2) is 5.82 Å². The van der Waals surface area contributed by atoms with Crippen LogP contribution in [-0.2, 0) is 0 Å². The van der Waals surface area contributed by atoms with E-state index in [9.17, 15) is 10.1 Å². The molecule has 0 fully saturated rings. The van der Waals surface area contributed by atoms with Gasteiger partial charge in [0.25, 0.3) is 5.56 Å². The van der Waals surface area contributed by atoms with E-state index < -0.39 is 0 Å². The van der Waals surface area contributed by atoms with Crippen LogP contribution in [0.2, 0.25) is 5.02 Å². The number of aromatic nitrogens is 4. The number of para-hydroxylation sites is 1. The SMILES string of the molecule is Cc1ccc2c(=O)[nH]c(C(C#N)=Cc3cn(-c4ccccc4)nc3-c3ccc(Cl)cc3)nc2c1. The lowest BCUT2D eigenvalue weighted by atomic mass is 10.1. The second kappa shape index (κ2) is 8.81. The maximum atomic E-state index is 12.6. The number of benzene rings is 3. The summed E-state index contributed by atoms with van der Waals surface area (Å²) in [5.41, 5.74) is 4.55. The van der Waals surface area contributed by atoms with Crippen LogP contribution in [0.4, 0.5) is 0 Å². The highest BCUT2D eigenvalue weighted by molar-refractivity contribution is 6.30. The first-order valence-corrected chi connectivity index (χ1v) is 10.9. The molecule has 5 aromatic rings. The smallest absolute Gasteiger partial charge is 0.259 e. The van der Waals surface area contributed by atoms with Crippen LogP contribution < -0.4 is 5.56 Å². The number of hydrogen-bond acceptors (Lipinski definition) is 4. The molecule has 3 aromatic carbocycles. The zero-order valence-electron chi connectivity index (χ0n) is 18.2. The van der Waals surface area contributed by atoms with E-state index in [4.69, 9.17) is 16.7 Å². The summed E-state index contributed by atoms with van der Waals surface area (Å²) in [5, 5.41) is 15.8. The Morgan fingerprint density at radius 1 is 1.09 bits per heavy atom. The number of hydrogen-bond donors (Lipinski definition) is 1. The average Bonchev–Trinajstić information content (AvgIpc) is 3.27. The first-order valence-electron chi connectivity index (χ1n) is 10.6. The van der Waals surface area contributed by atoms with Crippen LogP contribution in [0, 0.1) is 18.3 Å². The van der Waals surface area contributed by atoms with Crippen LogP contribution >= 0.6 is 11.6 Å². The third-order valence-electron chi connectivity index (χ3n) is 5.42. The second-order valence-electron chi connectivity index (χ2n) is 7.83. The van der Waals surface area contributed by atoms with Crippen molar-refractivity contribution in [3.05, 3.63) is 111 Å². The molecule has 2 heterocycles. The van der Waals surface area contributed by atoms with Crippen molar-refractivity contribution in [2.45, 2.75) is 6.92 Å². The number of nitriles is 1. The van der Waals surface area contributed by atoms with E-state index in [2.05, 4.69) is 16.0 Å². The fraction of sp³-hybridized carbons (Fsp3) is 0.0370. The summed E-state index contributed by atoms with van der Waals surface area (Å²) >= 11 is 6.08.